The van der Waals surface area contributed by atoms with Crippen LogP contribution < -0.4 is 5.32 Å². The van der Waals surface area contributed by atoms with E-state index in [9.17, 15) is 9.59 Å². The number of benzene rings is 1. The van der Waals surface area contributed by atoms with Crippen molar-refractivity contribution in [3.05, 3.63) is 72.4 Å². The fourth-order valence-corrected chi connectivity index (χ4v) is 1.76. The van der Waals surface area contributed by atoms with Gasteiger partial charge in [-0.25, -0.2) is 9.78 Å². The summed E-state index contributed by atoms with van der Waals surface area (Å²) in [7, 11) is 0. The Hall–Kier alpha value is -2.95. The minimum Gasteiger partial charge on any atom is -0.444 e. The summed E-state index contributed by atoms with van der Waals surface area (Å²) in [6, 6.07) is 14.4. The van der Waals surface area contributed by atoms with Crippen molar-refractivity contribution in [2.24, 2.45) is 0 Å². The third kappa shape index (κ3) is 4.86. The highest BCUT2D eigenvalue weighted by Crippen LogP contribution is 2.08. The van der Waals surface area contributed by atoms with Gasteiger partial charge in [0, 0.05) is 0 Å². The second kappa shape index (κ2) is 7.73. The number of aromatic nitrogens is 1. The quantitative estimate of drug-likeness (QED) is 0.832. The van der Waals surface area contributed by atoms with Crippen LogP contribution in [0, 0.1) is 0 Å². The highest BCUT2D eigenvalue weighted by Gasteiger charge is 2.06. The number of carbonyl (C=O) groups is 2. The molecule has 0 saturated carbocycles. The molecule has 0 aliphatic rings. The fourth-order valence-electron chi connectivity index (χ4n) is 1.76. The standard InChI is InChI=1S/C17H16N2O3/c1-2-15(20)11-14-9-6-10-16(18-14)19-17(21)22-12-13-7-4-3-5-8-13/h2-10H,1,11-12H2,(H,18,19,21). The third-order valence-corrected chi connectivity index (χ3v) is 2.83. The Morgan fingerprint density at radius 3 is 2.64 bits per heavy atom. The maximum atomic E-state index is 11.7. The summed E-state index contributed by atoms with van der Waals surface area (Å²) in [4.78, 5) is 27.2. The van der Waals surface area contributed by atoms with E-state index in [0.717, 1.165) is 5.56 Å². The molecule has 0 spiro atoms. The van der Waals surface area contributed by atoms with Crippen LogP contribution in [-0.4, -0.2) is 16.9 Å². The van der Waals surface area contributed by atoms with Gasteiger partial charge in [0.25, 0.3) is 0 Å². The number of rotatable bonds is 6. The van der Waals surface area contributed by atoms with E-state index < -0.39 is 6.09 Å². The zero-order chi connectivity index (χ0) is 15.8. The predicted molar refractivity (Wildman–Crippen MR) is 83.4 cm³/mol. The molecule has 2 rings (SSSR count). The number of hydrogen-bond donors (Lipinski definition) is 1. The number of amides is 1. The van der Waals surface area contributed by atoms with E-state index in [4.69, 9.17) is 4.74 Å². The van der Waals surface area contributed by atoms with Crippen LogP contribution in [0.1, 0.15) is 11.3 Å². The molecule has 112 valence electrons. The molecule has 1 heterocycles. The third-order valence-electron chi connectivity index (χ3n) is 2.83. The summed E-state index contributed by atoms with van der Waals surface area (Å²) in [6.07, 6.45) is 0.803. The number of pyridine rings is 1. The van der Waals surface area contributed by atoms with E-state index in [1.54, 1.807) is 18.2 Å². The number of nitrogens with zero attached hydrogens (tertiary/aromatic N) is 1. The van der Waals surface area contributed by atoms with E-state index >= 15 is 0 Å². The van der Waals surface area contributed by atoms with Gasteiger partial charge in [0.05, 0.1) is 12.1 Å². The van der Waals surface area contributed by atoms with Gasteiger partial charge in [-0.05, 0) is 23.8 Å². The van der Waals surface area contributed by atoms with Gasteiger partial charge in [0.2, 0.25) is 0 Å². The molecular weight excluding hydrogens is 280 g/mol. The number of ether oxygens (including phenoxy) is 1. The molecule has 5 heteroatoms. The lowest BCUT2D eigenvalue weighted by Gasteiger charge is -2.07. The van der Waals surface area contributed by atoms with E-state index in [1.807, 2.05) is 30.3 Å². The van der Waals surface area contributed by atoms with Crippen molar-refractivity contribution in [3.63, 3.8) is 0 Å². The average Bonchev–Trinajstić information content (AvgIpc) is 2.54. The Bertz CT molecular complexity index is 669. The average molecular weight is 296 g/mol. The number of nitrogens with one attached hydrogen (secondary N) is 1. The Kier molecular flexibility index (Phi) is 5.43. The van der Waals surface area contributed by atoms with E-state index in [1.165, 1.54) is 6.08 Å². The first-order chi connectivity index (χ1) is 10.7. The highest BCUT2D eigenvalue weighted by molar-refractivity contribution is 5.90. The van der Waals surface area contributed by atoms with Crippen LogP contribution in [0.4, 0.5) is 10.6 Å². The monoisotopic (exact) mass is 296 g/mol. The first-order valence-electron chi connectivity index (χ1n) is 6.76. The zero-order valence-corrected chi connectivity index (χ0v) is 12.0. The van der Waals surface area contributed by atoms with Crippen molar-refractivity contribution < 1.29 is 14.3 Å². The lowest BCUT2D eigenvalue weighted by molar-refractivity contribution is -0.114. The van der Waals surface area contributed by atoms with Crippen molar-refractivity contribution in [2.45, 2.75) is 13.0 Å². The van der Waals surface area contributed by atoms with Crippen LogP contribution in [0.15, 0.2) is 61.2 Å². The highest BCUT2D eigenvalue weighted by atomic mass is 16.5. The Morgan fingerprint density at radius 2 is 1.91 bits per heavy atom. The molecule has 2 aromatic rings. The molecule has 0 bridgehead atoms. The second-order valence-electron chi connectivity index (χ2n) is 4.55. The molecular formula is C17H16N2O3. The molecule has 0 saturated heterocycles. The van der Waals surface area contributed by atoms with Gasteiger partial charge in [-0.1, -0.05) is 43.0 Å². The van der Waals surface area contributed by atoms with Crippen molar-refractivity contribution in [2.75, 3.05) is 5.32 Å². The van der Waals surface area contributed by atoms with Gasteiger partial charge in [-0.15, -0.1) is 0 Å². The van der Waals surface area contributed by atoms with Gasteiger partial charge in [-0.3, -0.25) is 10.1 Å². The van der Waals surface area contributed by atoms with Crippen molar-refractivity contribution in [1.29, 1.82) is 0 Å². The molecule has 5 nitrogen and oxygen atoms in total. The number of ketones is 1. The van der Waals surface area contributed by atoms with Crippen LogP contribution in [0.3, 0.4) is 0 Å². The largest absolute Gasteiger partial charge is 0.444 e. The first-order valence-corrected chi connectivity index (χ1v) is 6.76. The maximum absolute atomic E-state index is 11.7. The number of allylic oxidation sites excluding steroid dienone is 1. The SMILES string of the molecule is C=CC(=O)Cc1cccc(NC(=O)OCc2ccccc2)n1. The number of hydrogen-bond acceptors (Lipinski definition) is 4. The molecule has 0 aliphatic carbocycles. The molecule has 1 aromatic carbocycles. The summed E-state index contributed by atoms with van der Waals surface area (Å²) in [5.41, 5.74) is 1.46. The zero-order valence-electron chi connectivity index (χ0n) is 12.0. The minimum absolute atomic E-state index is 0.128. The molecule has 1 aromatic heterocycles. The normalized spacial score (nSPS) is 9.82. The van der Waals surface area contributed by atoms with Gasteiger partial charge >= 0.3 is 6.09 Å². The summed E-state index contributed by atoms with van der Waals surface area (Å²) < 4.78 is 5.10. The summed E-state index contributed by atoms with van der Waals surface area (Å²) in [6.45, 7) is 3.60. The summed E-state index contributed by atoms with van der Waals surface area (Å²) in [5, 5.41) is 2.53. The first kappa shape index (κ1) is 15.4. The smallest absolute Gasteiger partial charge is 0.413 e. The molecule has 0 radical (unpaired) electrons. The van der Waals surface area contributed by atoms with Crippen molar-refractivity contribution in [1.82, 2.24) is 4.98 Å². The molecule has 0 unspecified atom stereocenters. The van der Waals surface area contributed by atoms with E-state index in [-0.39, 0.29) is 18.8 Å². The Labute approximate surface area is 128 Å². The molecule has 0 aliphatic heterocycles. The summed E-state index contributed by atoms with van der Waals surface area (Å²) >= 11 is 0. The molecule has 0 atom stereocenters. The van der Waals surface area contributed by atoms with Crippen LogP contribution in [-0.2, 0) is 22.6 Å². The van der Waals surface area contributed by atoms with Gasteiger partial charge in [0.1, 0.15) is 12.4 Å². The van der Waals surface area contributed by atoms with Gasteiger partial charge in [-0.2, -0.15) is 0 Å². The predicted octanol–water partition coefficient (Wildman–Crippen LogP) is 3.13. The van der Waals surface area contributed by atoms with E-state index in [2.05, 4.69) is 16.9 Å². The van der Waals surface area contributed by atoms with Crippen molar-refractivity contribution in [3.8, 4) is 0 Å². The van der Waals surface area contributed by atoms with Crippen LogP contribution in [0.25, 0.3) is 0 Å². The van der Waals surface area contributed by atoms with Crippen LogP contribution in [0.2, 0.25) is 0 Å². The second-order valence-corrected chi connectivity index (χ2v) is 4.55. The van der Waals surface area contributed by atoms with Gasteiger partial charge < -0.3 is 4.74 Å². The molecule has 22 heavy (non-hydrogen) atoms. The van der Waals surface area contributed by atoms with Crippen molar-refractivity contribution >= 4 is 17.7 Å². The number of anilines is 1. The summed E-state index contributed by atoms with van der Waals surface area (Å²) in [5.74, 6) is 0.212. The Morgan fingerprint density at radius 1 is 1.14 bits per heavy atom. The molecule has 0 fully saturated rings. The van der Waals surface area contributed by atoms with E-state index in [0.29, 0.717) is 11.5 Å². The van der Waals surface area contributed by atoms with Gasteiger partial charge in [0.15, 0.2) is 5.78 Å². The maximum Gasteiger partial charge on any atom is 0.413 e. The Balaban J connectivity index is 1.89. The lowest BCUT2D eigenvalue weighted by atomic mass is 10.2. The van der Waals surface area contributed by atoms with Crippen LogP contribution in [0.5, 0.6) is 0 Å². The fraction of sp³-hybridized carbons (Fsp3) is 0.118. The lowest BCUT2D eigenvalue weighted by Crippen LogP contribution is -2.15. The molecule has 1 amide bonds. The molecule has 1 N–H and O–H groups in total. The van der Waals surface area contributed by atoms with Crippen LogP contribution >= 0.6 is 0 Å². The topological polar surface area (TPSA) is 68.3 Å². The number of carbonyl (C=O) groups excluding carboxylic acids is 2. The minimum atomic E-state index is -0.594.